The third kappa shape index (κ3) is 2.94. The summed E-state index contributed by atoms with van der Waals surface area (Å²) >= 11 is 0. The summed E-state index contributed by atoms with van der Waals surface area (Å²) in [4.78, 5) is 4.86. The molecule has 1 aromatic rings. The van der Waals surface area contributed by atoms with E-state index in [1.165, 1.54) is 5.56 Å². The van der Waals surface area contributed by atoms with Crippen molar-refractivity contribution in [2.24, 2.45) is 0 Å². The molecule has 1 atom stereocenters. The number of anilines is 1. The molecule has 4 heteroatoms. The Morgan fingerprint density at radius 2 is 2.17 bits per heavy atom. The Morgan fingerprint density at radius 1 is 1.39 bits per heavy atom. The Labute approximate surface area is 109 Å². The second kappa shape index (κ2) is 5.59. The van der Waals surface area contributed by atoms with Gasteiger partial charge in [0.05, 0.1) is 7.11 Å². The second-order valence-corrected chi connectivity index (χ2v) is 5.14. The summed E-state index contributed by atoms with van der Waals surface area (Å²) in [6.45, 7) is 6.48. The Balaban J connectivity index is 2.07. The number of piperazine rings is 1. The highest BCUT2D eigenvalue weighted by Crippen LogP contribution is 2.23. The Hall–Kier alpha value is -1.26. The van der Waals surface area contributed by atoms with Gasteiger partial charge < -0.3 is 15.4 Å². The van der Waals surface area contributed by atoms with Crippen LogP contribution in [0.5, 0.6) is 5.75 Å². The molecule has 1 fully saturated rings. The van der Waals surface area contributed by atoms with Crippen molar-refractivity contribution >= 4 is 5.69 Å². The molecule has 0 aliphatic carbocycles. The molecule has 2 rings (SSSR count). The summed E-state index contributed by atoms with van der Waals surface area (Å²) in [6.07, 6.45) is 0. The predicted octanol–water partition coefficient (Wildman–Crippen LogP) is 1.41. The lowest BCUT2D eigenvalue weighted by Gasteiger charge is -2.37. The topological polar surface area (TPSA) is 41.7 Å². The quantitative estimate of drug-likeness (QED) is 0.823. The molecule has 0 bridgehead atoms. The standard InChI is InChI=1S/C14H23N3O/c1-11-9-17(7-6-16(11)2)10-12-8-13(15)4-5-14(12)18-3/h4-5,8,11H,6-7,9-10,15H2,1-3H3. The number of hydrogen-bond acceptors (Lipinski definition) is 4. The summed E-state index contributed by atoms with van der Waals surface area (Å²) in [5.41, 5.74) is 7.83. The van der Waals surface area contributed by atoms with Crippen molar-refractivity contribution < 1.29 is 4.74 Å². The zero-order chi connectivity index (χ0) is 13.1. The van der Waals surface area contributed by atoms with E-state index >= 15 is 0 Å². The molecule has 1 aromatic carbocycles. The Morgan fingerprint density at radius 3 is 2.83 bits per heavy atom. The average molecular weight is 249 g/mol. The maximum absolute atomic E-state index is 5.85. The number of nitrogens with two attached hydrogens (primary N) is 1. The van der Waals surface area contributed by atoms with Crippen LogP contribution in [0.1, 0.15) is 12.5 Å². The van der Waals surface area contributed by atoms with Crippen molar-refractivity contribution in [2.45, 2.75) is 19.5 Å². The van der Waals surface area contributed by atoms with Gasteiger partial charge in [0.25, 0.3) is 0 Å². The third-order valence-corrected chi connectivity index (χ3v) is 3.74. The molecule has 18 heavy (non-hydrogen) atoms. The van der Waals surface area contributed by atoms with Gasteiger partial charge >= 0.3 is 0 Å². The van der Waals surface area contributed by atoms with Crippen molar-refractivity contribution in [3.8, 4) is 5.75 Å². The normalized spacial score (nSPS) is 22.1. The first kappa shape index (κ1) is 13.2. The number of nitrogen functional groups attached to an aromatic ring is 1. The van der Waals surface area contributed by atoms with Crippen LogP contribution in [-0.4, -0.2) is 49.6 Å². The number of benzene rings is 1. The van der Waals surface area contributed by atoms with Crippen molar-refractivity contribution in [2.75, 3.05) is 39.5 Å². The Kier molecular flexibility index (Phi) is 4.09. The second-order valence-electron chi connectivity index (χ2n) is 5.14. The summed E-state index contributed by atoms with van der Waals surface area (Å²) in [5, 5.41) is 0. The van der Waals surface area contributed by atoms with Crippen molar-refractivity contribution in [3.05, 3.63) is 23.8 Å². The van der Waals surface area contributed by atoms with Gasteiger partial charge in [-0.3, -0.25) is 4.90 Å². The smallest absolute Gasteiger partial charge is 0.123 e. The summed E-state index contributed by atoms with van der Waals surface area (Å²) in [7, 11) is 3.89. The van der Waals surface area contributed by atoms with Gasteiger partial charge in [-0.1, -0.05) is 0 Å². The van der Waals surface area contributed by atoms with E-state index in [1.807, 2.05) is 18.2 Å². The number of methoxy groups -OCH3 is 1. The van der Waals surface area contributed by atoms with E-state index in [9.17, 15) is 0 Å². The van der Waals surface area contributed by atoms with Crippen LogP contribution in [0.2, 0.25) is 0 Å². The van der Waals surface area contributed by atoms with E-state index in [4.69, 9.17) is 10.5 Å². The minimum absolute atomic E-state index is 0.603. The molecule has 1 unspecified atom stereocenters. The molecule has 1 aliphatic rings. The zero-order valence-electron chi connectivity index (χ0n) is 11.5. The van der Waals surface area contributed by atoms with Crippen LogP contribution in [0.25, 0.3) is 0 Å². The average Bonchev–Trinajstić information content (AvgIpc) is 2.34. The lowest BCUT2D eigenvalue weighted by Crippen LogP contribution is -2.49. The van der Waals surface area contributed by atoms with Gasteiger partial charge in [0.1, 0.15) is 5.75 Å². The van der Waals surface area contributed by atoms with Crippen LogP contribution >= 0.6 is 0 Å². The highest BCUT2D eigenvalue weighted by atomic mass is 16.5. The molecule has 100 valence electrons. The molecule has 1 aliphatic heterocycles. The minimum atomic E-state index is 0.603. The van der Waals surface area contributed by atoms with Gasteiger partial charge in [-0.25, -0.2) is 0 Å². The zero-order valence-corrected chi connectivity index (χ0v) is 11.5. The predicted molar refractivity (Wildman–Crippen MR) is 74.8 cm³/mol. The van der Waals surface area contributed by atoms with E-state index in [2.05, 4.69) is 23.8 Å². The lowest BCUT2D eigenvalue weighted by atomic mass is 10.1. The summed E-state index contributed by atoms with van der Waals surface area (Å²) in [5.74, 6) is 0.927. The lowest BCUT2D eigenvalue weighted by molar-refractivity contribution is 0.0993. The molecular weight excluding hydrogens is 226 g/mol. The van der Waals surface area contributed by atoms with Crippen molar-refractivity contribution in [1.29, 1.82) is 0 Å². The SMILES string of the molecule is COc1ccc(N)cc1CN1CCN(C)C(C)C1. The molecular formula is C14H23N3O. The van der Waals surface area contributed by atoms with Crippen molar-refractivity contribution in [1.82, 2.24) is 9.80 Å². The number of ether oxygens (including phenoxy) is 1. The molecule has 0 saturated carbocycles. The number of nitrogens with zero attached hydrogens (tertiary/aromatic N) is 2. The van der Waals surface area contributed by atoms with Gasteiger partial charge in [-0.15, -0.1) is 0 Å². The van der Waals surface area contributed by atoms with Crippen LogP contribution < -0.4 is 10.5 Å². The van der Waals surface area contributed by atoms with Gasteiger partial charge in [-0.05, 0) is 32.2 Å². The Bertz CT molecular complexity index is 408. The third-order valence-electron chi connectivity index (χ3n) is 3.74. The van der Waals surface area contributed by atoms with E-state index in [1.54, 1.807) is 7.11 Å². The molecule has 4 nitrogen and oxygen atoms in total. The number of hydrogen-bond donors (Lipinski definition) is 1. The van der Waals surface area contributed by atoms with Crippen LogP contribution in [0.4, 0.5) is 5.69 Å². The largest absolute Gasteiger partial charge is 0.496 e. The van der Waals surface area contributed by atoms with Crippen LogP contribution in [-0.2, 0) is 6.54 Å². The van der Waals surface area contributed by atoms with Gasteiger partial charge in [-0.2, -0.15) is 0 Å². The maximum atomic E-state index is 5.85. The number of rotatable bonds is 3. The number of likely N-dealkylation sites (N-methyl/N-ethyl adjacent to an activating group) is 1. The van der Waals surface area contributed by atoms with E-state index in [-0.39, 0.29) is 0 Å². The monoisotopic (exact) mass is 249 g/mol. The fourth-order valence-electron chi connectivity index (χ4n) is 2.43. The van der Waals surface area contributed by atoms with Crippen LogP contribution in [0, 0.1) is 0 Å². The fraction of sp³-hybridized carbons (Fsp3) is 0.571. The van der Waals surface area contributed by atoms with Gasteiger partial charge in [0.15, 0.2) is 0 Å². The van der Waals surface area contributed by atoms with Crippen molar-refractivity contribution in [3.63, 3.8) is 0 Å². The van der Waals surface area contributed by atoms with Crippen LogP contribution in [0.3, 0.4) is 0 Å². The first-order valence-electron chi connectivity index (χ1n) is 6.45. The maximum Gasteiger partial charge on any atom is 0.123 e. The molecule has 0 aromatic heterocycles. The first-order valence-corrected chi connectivity index (χ1v) is 6.45. The minimum Gasteiger partial charge on any atom is -0.496 e. The molecule has 0 radical (unpaired) electrons. The molecule has 0 spiro atoms. The highest BCUT2D eigenvalue weighted by Gasteiger charge is 2.21. The van der Waals surface area contributed by atoms with Gasteiger partial charge in [0, 0.05) is 43.5 Å². The summed E-state index contributed by atoms with van der Waals surface area (Å²) in [6, 6.07) is 6.45. The van der Waals surface area contributed by atoms with Crippen LogP contribution in [0.15, 0.2) is 18.2 Å². The molecule has 1 saturated heterocycles. The van der Waals surface area contributed by atoms with E-state index in [0.29, 0.717) is 6.04 Å². The summed E-state index contributed by atoms with van der Waals surface area (Å²) < 4.78 is 5.40. The van der Waals surface area contributed by atoms with E-state index in [0.717, 1.165) is 37.6 Å². The molecule has 1 heterocycles. The highest BCUT2D eigenvalue weighted by molar-refractivity contribution is 5.47. The fourth-order valence-corrected chi connectivity index (χ4v) is 2.43. The molecule has 0 amide bonds. The molecule has 2 N–H and O–H groups in total. The first-order chi connectivity index (χ1) is 8.60. The van der Waals surface area contributed by atoms with Gasteiger partial charge in [0.2, 0.25) is 0 Å². The van der Waals surface area contributed by atoms with E-state index < -0.39 is 0 Å².